The lowest BCUT2D eigenvalue weighted by Gasteiger charge is -2.37. The monoisotopic (exact) mass is 386 g/mol. The summed E-state index contributed by atoms with van der Waals surface area (Å²) in [5, 5.41) is 7.35. The highest BCUT2D eigenvalue weighted by Gasteiger charge is 2.42. The van der Waals surface area contributed by atoms with Gasteiger partial charge in [0.15, 0.2) is 0 Å². The van der Waals surface area contributed by atoms with Crippen LogP contribution in [0.4, 0.5) is 4.39 Å². The molecule has 0 spiro atoms. The first kappa shape index (κ1) is 19.1. The second-order valence-corrected chi connectivity index (χ2v) is 7.99. The van der Waals surface area contributed by atoms with Crippen molar-refractivity contribution in [2.75, 3.05) is 20.2 Å². The molecular formula is C21H27FN4O2. The van der Waals surface area contributed by atoms with Gasteiger partial charge in [-0.1, -0.05) is 0 Å². The first-order valence-electron chi connectivity index (χ1n) is 9.84. The average molecular weight is 386 g/mol. The van der Waals surface area contributed by atoms with Crippen LogP contribution < -0.4 is 5.32 Å². The number of ether oxygens (including phenoxy) is 1. The van der Waals surface area contributed by atoms with Gasteiger partial charge in [0.2, 0.25) is 5.91 Å². The summed E-state index contributed by atoms with van der Waals surface area (Å²) in [5.74, 6) is 0.818. The number of methoxy groups -OCH3 is 1. The number of benzene rings is 1. The highest BCUT2D eigenvalue weighted by Crippen LogP contribution is 2.38. The highest BCUT2D eigenvalue weighted by molar-refractivity contribution is 5.73. The summed E-state index contributed by atoms with van der Waals surface area (Å²) in [6.45, 7) is 4.15. The third-order valence-electron chi connectivity index (χ3n) is 6.07. The van der Waals surface area contributed by atoms with Gasteiger partial charge in [-0.2, -0.15) is 5.10 Å². The number of carbonyl (C=O) groups is 1. The summed E-state index contributed by atoms with van der Waals surface area (Å²) < 4.78 is 21.4. The van der Waals surface area contributed by atoms with Crippen molar-refractivity contribution >= 4 is 5.91 Å². The fourth-order valence-electron chi connectivity index (χ4n) is 4.87. The van der Waals surface area contributed by atoms with Gasteiger partial charge in [-0.25, -0.2) is 9.07 Å². The van der Waals surface area contributed by atoms with E-state index in [0.29, 0.717) is 18.4 Å². The Morgan fingerprint density at radius 1 is 1.32 bits per heavy atom. The molecule has 1 saturated heterocycles. The van der Waals surface area contributed by atoms with Crippen LogP contribution in [0.3, 0.4) is 0 Å². The number of halogens is 1. The molecule has 7 heteroatoms. The van der Waals surface area contributed by atoms with Gasteiger partial charge >= 0.3 is 0 Å². The molecular weight excluding hydrogens is 359 g/mol. The van der Waals surface area contributed by atoms with Crippen molar-refractivity contribution in [3.63, 3.8) is 0 Å². The van der Waals surface area contributed by atoms with Crippen LogP contribution in [0.2, 0.25) is 0 Å². The van der Waals surface area contributed by atoms with E-state index in [0.717, 1.165) is 37.2 Å². The van der Waals surface area contributed by atoms with Crippen LogP contribution in [0.15, 0.2) is 36.7 Å². The van der Waals surface area contributed by atoms with Gasteiger partial charge in [0, 0.05) is 46.1 Å². The van der Waals surface area contributed by atoms with Crippen molar-refractivity contribution in [3.05, 3.63) is 48.0 Å². The van der Waals surface area contributed by atoms with Crippen LogP contribution in [0.25, 0.3) is 5.69 Å². The summed E-state index contributed by atoms with van der Waals surface area (Å²) >= 11 is 0. The minimum Gasteiger partial charge on any atom is -0.379 e. The number of amides is 1. The Balaban J connectivity index is 1.48. The van der Waals surface area contributed by atoms with E-state index in [-0.39, 0.29) is 23.9 Å². The molecule has 1 aliphatic carbocycles. The number of carbonyl (C=O) groups excluding carboxylic acids is 1. The molecule has 1 N–H and O–H groups in total. The molecule has 1 aromatic carbocycles. The maximum absolute atomic E-state index is 13.9. The predicted molar refractivity (Wildman–Crippen MR) is 103 cm³/mol. The molecule has 4 atom stereocenters. The molecule has 0 bridgehead atoms. The molecule has 2 fully saturated rings. The Labute approximate surface area is 164 Å². The molecule has 1 aliphatic heterocycles. The Morgan fingerprint density at radius 2 is 2.11 bits per heavy atom. The van der Waals surface area contributed by atoms with E-state index in [4.69, 9.17) is 4.74 Å². The molecule has 2 aromatic rings. The Kier molecular flexibility index (Phi) is 5.46. The normalized spacial score (nSPS) is 27.5. The lowest BCUT2D eigenvalue weighted by molar-refractivity contribution is -0.121. The largest absolute Gasteiger partial charge is 0.379 e. The lowest BCUT2D eigenvalue weighted by atomic mass is 9.77. The summed E-state index contributed by atoms with van der Waals surface area (Å²) in [7, 11) is 1.72. The third kappa shape index (κ3) is 3.95. The molecule has 1 saturated carbocycles. The number of hydrogen-bond donors (Lipinski definition) is 1. The molecule has 2 heterocycles. The van der Waals surface area contributed by atoms with Crippen molar-refractivity contribution in [3.8, 4) is 5.69 Å². The van der Waals surface area contributed by atoms with Crippen molar-refractivity contribution in [2.45, 2.75) is 38.5 Å². The topological polar surface area (TPSA) is 59.4 Å². The SMILES string of the molecule is CO[C@@H]1C[C@H]2CN(Cc3cc(F)ccc3-n3cccn3)C[C@H]2C[C@H]1NC(C)=O. The summed E-state index contributed by atoms with van der Waals surface area (Å²) in [6.07, 6.45) is 5.53. The van der Waals surface area contributed by atoms with E-state index in [9.17, 15) is 9.18 Å². The van der Waals surface area contributed by atoms with Gasteiger partial charge in [-0.15, -0.1) is 0 Å². The predicted octanol–water partition coefficient (Wildman–Crippen LogP) is 2.37. The Morgan fingerprint density at radius 3 is 2.79 bits per heavy atom. The van der Waals surface area contributed by atoms with E-state index in [2.05, 4.69) is 15.3 Å². The number of hydrogen-bond acceptors (Lipinski definition) is 4. The smallest absolute Gasteiger partial charge is 0.217 e. The molecule has 2 aliphatic rings. The maximum atomic E-state index is 13.9. The zero-order valence-electron chi connectivity index (χ0n) is 16.3. The van der Waals surface area contributed by atoms with Gasteiger partial charge in [-0.3, -0.25) is 9.69 Å². The van der Waals surface area contributed by atoms with Crippen LogP contribution in [0.1, 0.15) is 25.3 Å². The Bertz CT molecular complexity index is 826. The van der Waals surface area contributed by atoms with Crippen LogP contribution in [-0.2, 0) is 16.1 Å². The number of rotatable bonds is 5. The van der Waals surface area contributed by atoms with Crippen LogP contribution in [0.5, 0.6) is 0 Å². The fourth-order valence-corrected chi connectivity index (χ4v) is 4.87. The maximum Gasteiger partial charge on any atom is 0.217 e. The quantitative estimate of drug-likeness (QED) is 0.857. The number of likely N-dealkylation sites (tertiary alicyclic amines) is 1. The second kappa shape index (κ2) is 8.01. The minimum absolute atomic E-state index is 0.0102. The first-order chi connectivity index (χ1) is 13.5. The molecule has 28 heavy (non-hydrogen) atoms. The molecule has 0 unspecified atom stereocenters. The van der Waals surface area contributed by atoms with E-state index >= 15 is 0 Å². The number of nitrogens with zero attached hydrogens (tertiary/aromatic N) is 3. The zero-order chi connectivity index (χ0) is 19.7. The van der Waals surface area contributed by atoms with Gasteiger partial charge in [0.1, 0.15) is 5.82 Å². The van der Waals surface area contributed by atoms with E-state index in [1.54, 1.807) is 37.0 Å². The Hall–Kier alpha value is -2.25. The molecule has 0 radical (unpaired) electrons. The molecule has 6 nitrogen and oxygen atoms in total. The van der Waals surface area contributed by atoms with Crippen molar-refractivity contribution < 1.29 is 13.9 Å². The summed E-state index contributed by atoms with van der Waals surface area (Å²) in [4.78, 5) is 13.9. The number of fused-ring (bicyclic) bond motifs is 1. The lowest BCUT2D eigenvalue weighted by Crippen LogP contribution is -2.49. The van der Waals surface area contributed by atoms with Gasteiger partial charge in [0.05, 0.1) is 17.8 Å². The van der Waals surface area contributed by atoms with Gasteiger partial charge in [0.25, 0.3) is 0 Å². The van der Waals surface area contributed by atoms with Crippen molar-refractivity contribution in [1.82, 2.24) is 20.0 Å². The summed E-state index contributed by atoms with van der Waals surface area (Å²) in [5.41, 5.74) is 1.84. The van der Waals surface area contributed by atoms with E-state index in [1.165, 1.54) is 6.07 Å². The number of nitrogens with one attached hydrogen (secondary N) is 1. The van der Waals surface area contributed by atoms with Gasteiger partial charge < -0.3 is 10.1 Å². The number of aromatic nitrogens is 2. The molecule has 1 amide bonds. The second-order valence-electron chi connectivity index (χ2n) is 7.99. The highest BCUT2D eigenvalue weighted by atomic mass is 19.1. The average Bonchev–Trinajstić information content (AvgIpc) is 3.30. The van der Waals surface area contributed by atoms with E-state index in [1.807, 2.05) is 12.3 Å². The first-order valence-corrected chi connectivity index (χ1v) is 9.84. The summed E-state index contributed by atoms with van der Waals surface area (Å²) in [6, 6.07) is 6.80. The van der Waals surface area contributed by atoms with Gasteiger partial charge in [-0.05, 0) is 54.5 Å². The third-order valence-corrected chi connectivity index (χ3v) is 6.07. The van der Waals surface area contributed by atoms with Crippen LogP contribution >= 0.6 is 0 Å². The molecule has 1 aromatic heterocycles. The molecule has 150 valence electrons. The van der Waals surface area contributed by atoms with Crippen molar-refractivity contribution in [1.29, 1.82) is 0 Å². The standard InChI is InChI=1S/C21H27FN4O2/c1-14(27)24-19-9-15-11-25(12-16(15)10-21(19)28-2)13-17-8-18(22)4-5-20(17)26-7-3-6-23-26/h3-8,15-16,19,21H,9-13H2,1-2H3,(H,24,27)/t15-,16+,19-,21-/m1/s1. The van der Waals surface area contributed by atoms with Crippen LogP contribution in [0, 0.1) is 17.7 Å². The minimum atomic E-state index is -0.229. The fraction of sp³-hybridized carbons (Fsp3) is 0.524. The van der Waals surface area contributed by atoms with Crippen molar-refractivity contribution in [2.24, 2.45) is 11.8 Å². The van der Waals surface area contributed by atoms with E-state index < -0.39 is 0 Å². The van der Waals surface area contributed by atoms with Crippen LogP contribution in [-0.4, -0.2) is 52.9 Å². The molecule has 4 rings (SSSR count). The zero-order valence-corrected chi connectivity index (χ0v) is 16.3.